The first-order valence-corrected chi connectivity index (χ1v) is 11.4. The number of aliphatic hydroxyl groups excluding tert-OH is 1. The summed E-state index contributed by atoms with van der Waals surface area (Å²) in [6.45, 7) is -0.429. The molecule has 2 aliphatic rings. The maximum absolute atomic E-state index is 13.5. The smallest absolute Gasteiger partial charge is 0.330 e. The van der Waals surface area contributed by atoms with Crippen molar-refractivity contribution in [1.82, 2.24) is 10.2 Å². The number of nitro benzene ring substituents is 1. The van der Waals surface area contributed by atoms with Gasteiger partial charge in [0.05, 0.1) is 15.7 Å². The number of fused-ring (bicyclic) bond motifs is 1. The average Bonchev–Trinajstić information content (AvgIpc) is 2.84. The van der Waals surface area contributed by atoms with Gasteiger partial charge in [-0.1, -0.05) is 30.3 Å². The highest BCUT2D eigenvalue weighted by Gasteiger charge is 2.64. The van der Waals surface area contributed by atoms with Crippen molar-refractivity contribution in [1.29, 1.82) is 0 Å². The normalized spacial score (nSPS) is 25.0. The molecule has 0 aliphatic carbocycles. The van der Waals surface area contributed by atoms with E-state index in [9.17, 15) is 38.9 Å². The number of nitrogens with one attached hydrogen (secondary N) is 1. The largest absolute Gasteiger partial charge is 0.509 e. The first-order valence-electron chi connectivity index (χ1n) is 10.2. The molecule has 0 bridgehead atoms. The Labute approximate surface area is 200 Å². The summed E-state index contributed by atoms with van der Waals surface area (Å²) in [5.74, 6) is -3.34. The molecule has 12 nitrogen and oxygen atoms in total. The van der Waals surface area contributed by atoms with Gasteiger partial charge in [-0.05, 0) is 17.7 Å². The lowest BCUT2D eigenvalue weighted by atomic mass is 9.95. The van der Waals surface area contributed by atoms with Crippen LogP contribution in [0.15, 0.2) is 66.6 Å². The molecule has 0 aromatic heterocycles. The number of benzene rings is 2. The molecule has 3 N–H and O–H groups in total. The van der Waals surface area contributed by atoms with E-state index in [-0.39, 0.29) is 11.3 Å². The van der Waals surface area contributed by atoms with E-state index in [0.29, 0.717) is 5.75 Å². The third-order valence-electron chi connectivity index (χ3n) is 5.69. The van der Waals surface area contributed by atoms with Crippen LogP contribution in [0.2, 0.25) is 0 Å². The topological polar surface area (TPSA) is 176 Å². The maximum atomic E-state index is 13.5. The number of para-hydroxylation sites is 1. The molecule has 0 saturated carbocycles. The number of nitro groups is 1. The third-order valence-corrected chi connectivity index (χ3v) is 7.85. The number of nitrogens with zero attached hydrogens (tertiary/aromatic N) is 2. The minimum absolute atomic E-state index is 0.223. The number of β-lactam (4-membered cyclic amide) rings is 1. The lowest BCUT2D eigenvalue weighted by molar-refractivity contribution is -0.384. The van der Waals surface area contributed by atoms with Crippen LogP contribution in [0.5, 0.6) is 5.75 Å². The number of amides is 2. The number of aliphatic hydroxyl groups is 1. The van der Waals surface area contributed by atoms with Crippen LogP contribution in [-0.4, -0.2) is 64.8 Å². The van der Waals surface area contributed by atoms with Crippen molar-refractivity contribution >= 4 is 34.3 Å². The van der Waals surface area contributed by atoms with Crippen molar-refractivity contribution in [2.75, 3.05) is 6.61 Å². The molecule has 4 atom stereocenters. The minimum Gasteiger partial charge on any atom is -0.509 e. The lowest BCUT2D eigenvalue weighted by Crippen LogP contribution is -2.75. The van der Waals surface area contributed by atoms with Crippen LogP contribution in [0.25, 0.3) is 0 Å². The van der Waals surface area contributed by atoms with Crippen molar-refractivity contribution < 1.29 is 38.5 Å². The lowest BCUT2D eigenvalue weighted by Gasteiger charge is -2.50. The highest BCUT2D eigenvalue weighted by Crippen LogP contribution is 2.41. The monoisotopic (exact) mass is 501 g/mol. The molecule has 13 heteroatoms. The number of aliphatic carboxylic acids is 1. The molecular weight excluding hydrogens is 482 g/mol. The number of rotatable bonds is 8. The summed E-state index contributed by atoms with van der Waals surface area (Å²) >= 11 is 0. The fourth-order valence-corrected chi connectivity index (χ4v) is 5.82. The Hall–Kier alpha value is -4.26. The van der Waals surface area contributed by atoms with Gasteiger partial charge in [0.25, 0.3) is 17.5 Å². The number of carbonyl (C=O) groups excluding carboxylic acids is 2. The zero-order valence-corrected chi connectivity index (χ0v) is 18.7. The Morgan fingerprint density at radius 3 is 2.43 bits per heavy atom. The van der Waals surface area contributed by atoms with Crippen molar-refractivity contribution in [2.45, 2.75) is 22.6 Å². The van der Waals surface area contributed by atoms with E-state index in [1.54, 1.807) is 30.3 Å². The predicted octanol–water partition coefficient (Wildman–Crippen LogP) is 0.854. The summed E-state index contributed by atoms with van der Waals surface area (Å²) in [6, 6.07) is 12.1. The van der Waals surface area contributed by atoms with Crippen molar-refractivity contribution in [3.05, 3.63) is 82.2 Å². The summed E-state index contributed by atoms with van der Waals surface area (Å²) < 4.78 is 16.5. The van der Waals surface area contributed by atoms with Crippen LogP contribution < -0.4 is 10.1 Å². The number of carbonyl (C=O) groups is 3. The predicted molar refractivity (Wildman–Crippen MR) is 121 cm³/mol. The molecule has 1 fully saturated rings. The van der Waals surface area contributed by atoms with Gasteiger partial charge in [-0.2, -0.15) is 0 Å². The zero-order chi connectivity index (χ0) is 25.3. The molecule has 1 saturated heterocycles. The number of hydrogen-bond acceptors (Lipinski definition) is 8. The van der Waals surface area contributed by atoms with E-state index in [0.717, 1.165) is 23.2 Å². The van der Waals surface area contributed by atoms with Gasteiger partial charge < -0.3 is 20.3 Å². The van der Waals surface area contributed by atoms with E-state index in [4.69, 9.17) is 4.74 Å². The van der Waals surface area contributed by atoms with Crippen molar-refractivity contribution in [3.8, 4) is 5.75 Å². The fraction of sp³-hybridized carbons (Fsp3) is 0.227. The molecule has 3 unspecified atom stereocenters. The SMILES string of the molecule is O=C(COc1ccccc1)NC1C(=O)N2C=C(O)C(Cc3ccc([N+](=O)[O-])cc3)(C(=O)O)S(=O)[C@H]12. The minimum atomic E-state index is -2.41. The summed E-state index contributed by atoms with van der Waals surface area (Å²) in [5.41, 5.74) is 0.0427. The molecule has 182 valence electrons. The Balaban J connectivity index is 1.54. The first kappa shape index (κ1) is 23.9. The van der Waals surface area contributed by atoms with Crippen molar-refractivity contribution in [2.24, 2.45) is 0 Å². The van der Waals surface area contributed by atoms with Crippen molar-refractivity contribution in [3.63, 3.8) is 0 Å². The summed E-state index contributed by atoms with van der Waals surface area (Å²) in [6.07, 6.45) is 0.433. The van der Waals surface area contributed by atoms with Gasteiger partial charge >= 0.3 is 5.97 Å². The standard InChI is InChI=1S/C22H19N3O9S/c26-16-11-24-19(28)18(23-17(27)12-34-15-4-2-1-3-5-15)20(24)35(33)22(16,21(29)30)10-13-6-8-14(9-7-13)25(31)32/h1-9,11,18,20,26H,10,12H2,(H,23,27)(H,29,30)/t18?,20-,22?,35?/m1/s1. The molecule has 2 aromatic carbocycles. The van der Waals surface area contributed by atoms with Crippen LogP contribution in [0.1, 0.15) is 5.56 Å². The molecule has 2 aromatic rings. The van der Waals surface area contributed by atoms with Gasteiger partial charge in [-0.15, -0.1) is 0 Å². The van der Waals surface area contributed by atoms with Crippen LogP contribution in [-0.2, 0) is 31.6 Å². The Morgan fingerprint density at radius 1 is 1.17 bits per heavy atom. The van der Waals surface area contributed by atoms with Gasteiger partial charge in [-0.3, -0.25) is 33.6 Å². The van der Waals surface area contributed by atoms with E-state index < -0.39 is 68.5 Å². The second-order valence-electron chi connectivity index (χ2n) is 7.83. The second kappa shape index (κ2) is 9.18. The average molecular weight is 501 g/mol. The van der Waals surface area contributed by atoms with Crippen LogP contribution in [0.4, 0.5) is 5.69 Å². The number of non-ortho nitro benzene ring substituents is 1. The highest BCUT2D eigenvalue weighted by molar-refractivity contribution is 7.88. The maximum Gasteiger partial charge on any atom is 0.330 e. The van der Waals surface area contributed by atoms with Gasteiger partial charge in [0.2, 0.25) is 4.75 Å². The molecular formula is C22H19N3O9S. The fourth-order valence-electron chi connectivity index (χ4n) is 3.87. The first-order chi connectivity index (χ1) is 16.6. The van der Waals surface area contributed by atoms with Gasteiger partial charge in [0.15, 0.2) is 6.61 Å². The molecule has 2 aliphatic heterocycles. The van der Waals surface area contributed by atoms with E-state index in [1.165, 1.54) is 12.1 Å². The Bertz CT molecular complexity index is 1250. The Kier molecular flexibility index (Phi) is 6.26. The number of carboxylic acids is 1. The van der Waals surface area contributed by atoms with Gasteiger partial charge in [-0.25, -0.2) is 0 Å². The van der Waals surface area contributed by atoms with Gasteiger partial charge in [0, 0.05) is 24.8 Å². The van der Waals surface area contributed by atoms with Crippen LogP contribution in [0.3, 0.4) is 0 Å². The second-order valence-corrected chi connectivity index (χ2v) is 9.60. The van der Waals surface area contributed by atoms with E-state index >= 15 is 0 Å². The quantitative estimate of drug-likeness (QED) is 0.269. The number of hydrogen-bond donors (Lipinski definition) is 3. The van der Waals surface area contributed by atoms with E-state index in [2.05, 4.69) is 5.32 Å². The highest BCUT2D eigenvalue weighted by atomic mass is 32.2. The molecule has 35 heavy (non-hydrogen) atoms. The molecule has 2 amide bonds. The zero-order valence-electron chi connectivity index (χ0n) is 17.9. The summed E-state index contributed by atoms with van der Waals surface area (Å²) in [5, 5.41) is 32.6. The Morgan fingerprint density at radius 2 is 1.83 bits per heavy atom. The van der Waals surface area contributed by atoms with Crippen LogP contribution >= 0.6 is 0 Å². The number of ether oxygens (including phenoxy) is 1. The van der Waals surface area contributed by atoms with Crippen LogP contribution in [0, 0.1) is 10.1 Å². The third kappa shape index (κ3) is 4.21. The van der Waals surface area contributed by atoms with Gasteiger partial charge in [0.1, 0.15) is 22.9 Å². The molecule has 2 heterocycles. The number of carboxylic acid groups (broad SMARTS) is 1. The molecule has 0 spiro atoms. The molecule has 4 rings (SSSR count). The molecule has 0 radical (unpaired) electrons. The van der Waals surface area contributed by atoms with E-state index in [1.807, 2.05) is 0 Å². The summed E-state index contributed by atoms with van der Waals surface area (Å²) in [7, 11) is -2.41. The summed E-state index contributed by atoms with van der Waals surface area (Å²) in [4.78, 5) is 48.3.